The van der Waals surface area contributed by atoms with Gasteiger partial charge in [0.1, 0.15) is 0 Å². The van der Waals surface area contributed by atoms with Gasteiger partial charge in [-0.1, -0.05) is 35.5 Å². The Hall–Kier alpha value is -2.49. The van der Waals surface area contributed by atoms with Crippen molar-refractivity contribution < 1.29 is 8.94 Å². The highest BCUT2D eigenvalue weighted by atomic mass is 16.5. The molecule has 1 aromatic carbocycles. The molecule has 0 unspecified atom stereocenters. The molecule has 0 amide bonds. The van der Waals surface area contributed by atoms with Gasteiger partial charge in [-0.15, -0.1) is 0 Å². The smallest absolute Gasteiger partial charge is 0.212 e. The van der Waals surface area contributed by atoms with E-state index in [4.69, 9.17) is 14.7 Å². The second-order valence-corrected chi connectivity index (χ2v) is 4.07. The number of nitrogens with two attached hydrogens (primary N) is 1. The first-order valence-electron chi connectivity index (χ1n) is 5.62. The van der Waals surface area contributed by atoms with Crippen molar-refractivity contribution in [3.63, 3.8) is 0 Å². The maximum absolute atomic E-state index is 5.88. The van der Waals surface area contributed by atoms with Gasteiger partial charge < -0.3 is 14.7 Å². The summed E-state index contributed by atoms with van der Waals surface area (Å²) in [7, 11) is 0. The molecule has 0 saturated heterocycles. The zero-order valence-corrected chi connectivity index (χ0v) is 9.88. The van der Waals surface area contributed by atoms with Crippen molar-refractivity contribution in [2.24, 2.45) is 0 Å². The molecule has 0 aliphatic carbocycles. The Balaban J connectivity index is 2.22. The number of rotatable bonds is 2. The molecule has 4 nitrogen and oxygen atoms in total. The van der Waals surface area contributed by atoms with Crippen LogP contribution < -0.4 is 5.73 Å². The van der Waals surface area contributed by atoms with Crippen molar-refractivity contribution in [1.29, 1.82) is 0 Å². The standard InChI is InChI=1S/C14H12N2O2/c1-9-7-8-17-12(9)13-11(14(15)16-18-13)10-5-3-2-4-6-10/h2-8H,1H3,(H2,15,16). The van der Waals surface area contributed by atoms with E-state index >= 15 is 0 Å². The SMILES string of the molecule is Cc1ccoc1-c1onc(N)c1-c1ccccc1. The highest BCUT2D eigenvalue weighted by Gasteiger charge is 2.21. The van der Waals surface area contributed by atoms with Gasteiger partial charge in [0.15, 0.2) is 11.6 Å². The largest absolute Gasteiger partial charge is 0.461 e. The molecule has 90 valence electrons. The van der Waals surface area contributed by atoms with Crippen molar-refractivity contribution >= 4 is 5.82 Å². The molecule has 3 rings (SSSR count). The highest BCUT2D eigenvalue weighted by molar-refractivity contribution is 5.85. The topological polar surface area (TPSA) is 65.2 Å². The predicted octanol–water partition coefficient (Wildman–Crippen LogP) is 3.49. The predicted molar refractivity (Wildman–Crippen MR) is 68.8 cm³/mol. The summed E-state index contributed by atoms with van der Waals surface area (Å²) in [6, 6.07) is 11.6. The summed E-state index contributed by atoms with van der Waals surface area (Å²) in [4.78, 5) is 0. The van der Waals surface area contributed by atoms with Crippen molar-refractivity contribution in [2.45, 2.75) is 6.92 Å². The van der Waals surface area contributed by atoms with Gasteiger partial charge in [0.2, 0.25) is 5.76 Å². The number of benzene rings is 1. The van der Waals surface area contributed by atoms with E-state index in [1.54, 1.807) is 6.26 Å². The number of aromatic nitrogens is 1. The van der Waals surface area contributed by atoms with Crippen LogP contribution in [-0.2, 0) is 0 Å². The molecule has 2 heterocycles. The molecule has 0 aliphatic heterocycles. The lowest BCUT2D eigenvalue weighted by Gasteiger charge is -2.01. The van der Waals surface area contributed by atoms with Crippen LogP contribution in [0.2, 0.25) is 0 Å². The minimum atomic E-state index is 0.368. The minimum Gasteiger partial charge on any atom is -0.461 e. The fourth-order valence-electron chi connectivity index (χ4n) is 1.95. The Morgan fingerprint density at radius 1 is 1.06 bits per heavy atom. The summed E-state index contributed by atoms with van der Waals surface area (Å²) in [5, 5.41) is 3.83. The molecule has 0 spiro atoms. The molecule has 3 aromatic rings. The summed E-state index contributed by atoms with van der Waals surface area (Å²) in [5.74, 6) is 1.60. The van der Waals surface area contributed by atoms with E-state index in [1.165, 1.54) is 0 Å². The molecule has 0 saturated carbocycles. The molecule has 0 fully saturated rings. The van der Waals surface area contributed by atoms with Crippen LogP contribution in [0.1, 0.15) is 5.56 Å². The van der Waals surface area contributed by atoms with E-state index in [0.29, 0.717) is 17.3 Å². The monoisotopic (exact) mass is 240 g/mol. The number of furan rings is 1. The van der Waals surface area contributed by atoms with Gasteiger partial charge in [0.25, 0.3) is 0 Å². The van der Waals surface area contributed by atoms with Crippen LogP contribution in [0.4, 0.5) is 5.82 Å². The lowest BCUT2D eigenvalue weighted by Crippen LogP contribution is -1.88. The van der Waals surface area contributed by atoms with Crippen molar-refractivity contribution in [3.05, 3.63) is 48.2 Å². The summed E-state index contributed by atoms with van der Waals surface area (Å²) < 4.78 is 10.7. The highest BCUT2D eigenvalue weighted by Crippen LogP contribution is 2.37. The Kier molecular flexibility index (Phi) is 2.41. The van der Waals surface area contributed by atoms with E-state index in [0.717, 1.165) is 16.7 Å². The molecular formula is C14H12N2O2. The zero-order chi connectivity index (χ0) is 12.5. The van der Waals surface area contributed by atoms with E-state index in [2.05, 4.69) is 5.16 Å². The molecule has 0 bridgehead atoms. The Bertz CT molecular complexity index is 668. The maximum Gasteiger partial charge on any atom is 0.212 e. The number of aryl methyl sites for hydroxylation is 1. The van der Waals surface area contributed by atoms with Gasteiger partial charge >= 0.3 is 0 Å². The van der Waals surface area contributed by atoms with Crippen LogP contribution in [0.15, 0.2) is 51.6 Å². The molecule has 0 atom stereocenters. The fourth-order valence-corrected chi connectivity index (χ4v) is 1.95. The lowest BCUT2D eigenvalue weighted by molar-refractivity contribution is 0.421. The fraction of sp³-hybridized carbons (Fsp3) is 0.0714. The quantitative estimate of drug-likeness (QED) is 0.744. The number of nitrogens with zero attached hydrogens (tertiary/aromatic N) is 1. The van der Waals surface area contributed by atoms with Crippen molar-refractivity contribution in [2.75, 3.05) is 5.73 Å². The molecule has 2 N–H and O–H groups in total. The Morgan fingerprint density at radius 3 is 2.50 bits per heavy atom. The summed E-state index contributed by atoms with van der Waals surface area (Å²) in [5.41, 5.74) is 8.60. The third-order valence-electron chi connectivity index (χ3n) is 2.85. The summed E-state index contributed by atoms with van der Waals surface area (Å²) >= 11 is 0. The van der Waals surface area contributed by atoms with Crippen molar-refractivity contribution in [1.82, 2.24) is 5.16 Å². The van der Waals surface area contributed by atoms with Crippen LogP contribution in [0.25, 0.3) is 22.6 Å². The zero-order valence-electron chi connectivity index (χ0n) is 9.88. The van der Waals surface area contributed by atoms with E-state index < -0.39 is 0 Å². The van der Waals surface area contributed by atoms with Crippen LogP contribution in [0.5, 0.6) is 0 Å². The maximum atomic E-state index is 5.88. The van der Waals surface area contributed by atoms with Gasteiger partial charge in [-0.05, 0) is 24.1 Å². The normalized spacial score (nSPS) is 10.7. The molecule has 0 aliphatic rings. The van der Waals surface area contributed by atoms with Gasteiger partial charge in [0.05, 0.1) is 11.8 Å². The molecule has 0 radical (unpaired) electrons. The number of anilines is 1. The second-order valence-electron chi connectivity index (χ2n) is 4.07. The summed E-state index contributed by atoms with van der Waals surface area (Å²) in [6.45, 7) is 1.95. The van der Waals surface area contributed by atoms with E-state index in [9.17, 15) is 0 Å². The number of hydrogen-bond donors (Lipinski definition) is 1. The van der Waals surface area contributed by atoms with Crippen LogP contribution in [-0.4, -0.2) is 5.16 Å². The van der Waals surface area contributed by atoms with E-state index in [-0.39, 0.29) is 0 Å². The van der Waals surface area contributed by atoms with Crippen molar-refractivity contribution in [3.8, 4) is 22.6 Å². The third-order valence-corrected chi connectivity index (χ3v) is 2.85. The first kappa shape index (κ1) is 10.7. The van der Waals surface area contributed by atoms with Gasteiger partial charge in [-0.25, -0.2) is 0 Å². The van der Waals surface area contributed by atoms with Gasteiger partial charge in [-0.2, -0.15) is 0 Å². The first-order chi connectivity index (χ1) is 8.77. The van der Waals surface area contributed by atoms with E-state index in [1.807, 2.05) is 43.3 Å². The third kappa shape index (κ3) is 1.59. The lowest BCUT2D eigenvalue weighted by atomic mass is 10.0. The number of nitrogen functional groups attached to an aromatic ring is 1. The molecule has 4 heteroatoms. The molecular weight excluding hydrogens is 228 g/mol. The Labute approximate surface area is 104 Å². The molecule has 18 heavy (non-hydrogen) atoms. The second kappa shape index (κ2) is 4.07. The van der Waals surface area contributed by atoms with Gasteiger partial charge in [0, 0.05) is 0 Å². The van der Waals surface area contributed by atoms with Crippen LogP contribution in [0.3, 0.4) is 0 Å². The first-order valence-corrected chi connectivity index (χ1v) is 5.62. The number of hydrogen-bond acceptors (Lipinski definition) is 4. The Morgan fingerprint density at radius 2 is 1.83 bits per heavy atom. The average molecular weight is 240 g/mol. The average Bonchev–Trinajstić information content (AvgIpc) is 2.96. The van der Waals surface area contributed by atoms with Crippen LogP contribution >= 0.6 is 0 Å². The minimum absolute atomic E-state index is 0.368. The molecule has 2 aromatic heterocycles. The van der Waals surface area contributed by atoms with Crippen LogP contribution in [0, 0.1) is 6.92 Å². The summed E-state index contributed by atoms with van der Waals surface area (Å²) in [6.07, 6.45) is 1.62. The van der Waals surface area contributed by atoms with Gasteiger partial charge in [-0.3, -0.25) is 0 Å².